The van der Waals surface area contributed by atoms with Crippen LogP contribution in [0.5, 0.6) is 0 Å². The van der Waals surface area contributed by atoms with Crippen molar-refractivity contribution in [2.75, 3.05) is 0 Å². The first-order valence-electron chi connectivity index (χ1n) is 10.1. The van der Waals surface area contributed by atoms with Crippen molar-refractivity contribution in [2.45, 2.75) is 45.4 Å². The van der Waals surface area contributed by atoms with Crippen LogP contribution in [-0.4, -0.2) is 5.16 Å². The van der Waals surface area contributed by atoms with Gasteiger partial charge in [-0.15, -0.1) is 0 Å². The van der Waals surface area contributed by atoms with E-state index in [1.165, 1.54) is 53.5 Å². The molecule has 142 valence electrons. The first-order valence-corrected chi connectivity index (χ1v) is 10.5. The van der Waals surface area contributed by atoms with Crippen LogP contribution in [0.2, 0.25) is 0 Å². The highest BCUT2D eigenvalue weighted by molar-refractivity contribution is 7.78. The number of thiocarbonyl (C=S) groups is 1. The average Bonchev–Trinajstić information content (AvgIpc) is 2.74. The number of rotatable bonds is 9. The summed E-state index contributed by atoms with van der Waals surface area (Å²) in [5.74, 6) is 0. The molecular formula is C26H27NS. The van der Waals surface area contributed by atoms with Crippen LogP contribution in [0.4, 0.5) is 5.69 Å². The molecule has 0 aliphatic carbocycles. The molecule has 0 radical (unpaired) electrons. The topological polar surface area (TPSA) is 12.4 Å². The van der Waals surface area contributed by atoms with Crippen molar-refractivity contribution in [1.29, 1.82) is 0 Å². The molecule has 3 aromatic rings. The van der Waals surface area contributed by atoms with E-state index in [1.807, 2.05) is 12.1 Å². The quantitative estimate of drug-likeness (QED) is 0.210. The molecule has 0 bridgehead atoms. The fourth-order valence-electron chi connectivity index (χ4n) is 3.52. The lowest BCUT2D eigenvalue weighted by Crippen LogP contribution is -1.94. The Kier molecular flexibility index (Phi) is 7.72. The minimum atomic E-state index is 0.859. The summed E-state index contributed by atoms with van der Waals surface area (Å²) in [5, 5.41) is 2.41. The van der Waals surface area contributed by atoms with Crippen LogP contribution in [0, 0.1) is 0 Å². The van der Waals surface area contributed by atoms with Crippen molar-refractivity contribution in [1.82, 2.24) is 0 Å². The summed E-state index contributed by atoms with van der Waals surface area (Å²) in [7, 11) is 0. The molecule has 3 aromatic carbocycles. The van der Waals surface area contributed by atoms with Gasteiger partial charge in [-0.3, -0.25) is 0 Å². The monoisotopic (exact) mass is 385 g/mol. The summed E-state index contributed by atoms with van der Waals surface area (Å²) in [4.78, 5) is 4.02. The van der Waals surface area contributed by atoms with E-state index >= 15 is 0 Å². The zero-order chi connectivity index (χ0) is 19.6. The van der Waals surface area contributed by atoms with Gasteiger partial charge in [0.2, 0.25) is 0 Å². The number of unbranched alkanes of at least 4 members (excludes halogenated alkanes) is 2. The number of hydrogen-bond donors (Lipinski definition) is 0. The summed E-state index contributed by atoms with van der Waals surface area (Å²) < 4.78 is 0. The summed E-state index contributed by atoms with van der Waals surface area (Å²) in [5.41, 5.74) is 7.64. The van der Waals surface area contributed by atoms with Crippen molar-refractivity contribution in [3.05, 3.63) is 89.5 Å². The van der Waals surface area contributed by atoms with Gasteiger partial charge in [-0.2, -0.15) is 4.99 Å². The number of aliphatic imine (C=N–C) groups is 1. The van der Waals surface area contributed by atoms with Gasteiger partial charge in [0.25, 0.3) is 0 Å². The zero-order valence-corrected chi connectivity index (χ0v) is 17.3. The van der Waals surface area contributed by atoms with E-state index in [0.717, 1.165) is 18.5 Å². The van der Waals surface area contributed by atoms with Crippen LogP contribution >= 0.6 is 12.2 Å². The fourth-order valence-corrected chi connectivity index (χ4v) is 3.62. The third kappa shape index (κ3) is 5.73. The van der Waals surface area contributed by atoms with Crippen molar-refractivity contribution in [3.8, 4) is 11.1 Å². The lowest BCUT2D eigenvalue weighted by atomic mass is 9.94. The lowest BCUT2D eigenvalue weighted by molar-refractivity contribution is 0.717. The van der Waals surface area contributed by atoms with Crippen LogP contribution in [0.25, 0.3) is 11.1 Å². The third-order valence-corrected chi connectivity index (χ3v) is 5.24. The van der Waals surface area contributed by atoms with Crippen LogP contribution in [-0.2, 0) is 19.3 Å². The van der Waals surface area contributed by atoms with Gasteiger partial charge in [0.05, 0.1) is 10.8 Å². The van der Waals surface area contributed by atoms with Crippen molar-refractivity contribution in [2.24, 2.45) is 4.99 Å². The van der Waals surface area contributed by atoms with Gasteiger partial charge in [-0.05, 0) is 77.9 Å². The molecule has 0 amide bonds. The Labute approximate surface area is 174 Å². The summed E-state index contributed by atoms with van der Waals surface area (Å²) in [6.45, 7) is 2.25. The SMILES string of the molecule is CCCCCc1ccc(-c2ccccc2CCc2ccc(N=C=S)cc2)cc1. The molecule has 0 saturated carbocycles. The normalized spacial score (nSPS) is 10.5. The predicted octanol–water partition coefficient (Wildman–Crippen LogP) is 7.61. The minimum Gasteiger partial charge on any atom is -0.195 e. The molecule has 0 spiro atoms. The Balaban J connectivity index is 1.69. The molecular weight excluding hydrogens is 358 g/mol. The van der Waals surface area contributed by atoms with Crippen LogP contribution < -0.4 is 0 Å². The van der Waals surface area contributed by atoms with Crippen molar-refractivity contribution < 1.29 is 0 Å². The predicted molar refractivity (Wildman–Crippen MR) is 124 cm³/mol. The van der Waals surface area contributed by atoms with Crippen LogP contribution in [0.3, 0.4) is 0 Å². The highest BCUT2D eigenvalue weighted by Crippen LogP contribution is 2.26. The van der Waals surface area contributed by atoms with Gasteiger partial charge in [0.1, 0.15) is 0 Å². The Morgan fingerprint density at radius 1 is 0.750 bits per heavy atom. The van der Waals surface area contributed by atoms with Gasteiger partial charge in [-0.1, -0.05) is 80.4 Å². The molecule has 0 aliphatic rings. The minimum absolute atomic E-state index is 0.859. The zero-order valence-electron chi connectivity index (χ0n) is 16.5. The number of nitrogens with zero attached hydrogens (tertiary/aromatic N) is 1. The van der Waals surface area contributed by atoms with E-state index in [9.17, 15) is 0 Å². The van der Waals surface area contributed by atoms with Gasteiger partial charge >= 0.3 is 0 Å². The second-order valence-electron chi connectivity index (χ2n) is 7.18. The molecule has 0 unspecified atom stereocenters. The highest BCUT2D eigenvalue weighted by Gasteiger charge is 2.06. The summed E-state index contributed by atoms with van der Waals surface area (Å²) in [6, 6.07) is 26.1. The van der Waals surface area contributed by atoms with E-state index < -0.39 is 0 Å². The molecule has 2 heteroatoms. The maximum atomic E-state index is 4.66. The Hall–Kier alpha value is -2.54. The largest absolute Gasteiger partial charge is 0.195 e. The molecule has 0 fully saturated rings. The Morgan fingerprint density at radius 2 is 1.43 bits per heavy atom. The Morgan fingerprint density at radius 3 is 2.14 bits per heavy atom. The molecule has 0 atom stereocenters. The van der Waals surface area contributed by atoms with Crippen molar-refractivity contribution in [3.63, 3.8) is 0 Å². The number of isothiocyanates is 1. The molecule has 3 rings (SSSR count). The smallest absolute Gasteiger partial charge is 0.0739 e. The van der Waals surface area contributed by atoms with E-state index in [1.54, 1.807) is 0 Å². The summed E-state index contributed by atoms with van der Waals surface area (Å²) >= 11 is 4.66. The first-order chi connectivity index (χ1) is 13.8. The number of hydrogen-bond acceptors (Lipinski definition) is 2. The molecule has 0 saturated heterocycles. The fraction of sp³-hybridized carbons (Fsp3) is 0.269. The molecule has 0 heterocycles. The van der Waals surface area contributed by atoms with Crippen LogP contribution in [0.15, 0.2) is 77.8 Å². The lowest BCUT2D eigenvalue weighted by Gasteiger charge is -2.11. The molecule has 1 nitrogen and oxygen atoms in total. The molecule has 0 aromatic heterocycles. The van der Waals surface area contributed by atoms with Gasteiger partial charge in [0.15, 0.2) is 0 Å². The van der Waals surface area contributed by atoms with Crippen molar-refractivity contribution >= 4 is 23.1 Å². The average molecular weight is 386 g/mol. The standard InChI is InChI=1S/C26H27NS/c1-2-3-4-7-21-10-16-24(17-11-21)26-9-6-5-8-23(26)15-12-22-13-18-25(19-14-22)27-20-28/h5-6,8-11,13-14,16-19H,2-4,7,12,15H2,1H3. The van der Waals surface area contributed by atoms with E-state index in [-0.39, 0.29) is 0 Å². The second kappa shape index (κ2) is 10.7. The van der Waals surface area contributed by atoms with E-state index in [4.69, 9.17) is 0 Å². The number of benzene rings is 3. The molecule has 28 heavy (non-hydrogen) atoms. The molecule has 0 N–H and O–H groups in total. The van der Waals surface area contributed by atoms with E-state index in [0.29, 0.717) is 0 Å². The van der Waals surface area contributed by atoms with Crippen LogP contribution in [0.1, 0.15) is 42.9 Å². The number of aryl methyl sites for hydroxylation is 3. The van der Waals surface area contributed by atoms with Gasteiger partial charge in [0, 0.05) is 0 Å². The maximum absolute atomic E-state index is 4.66. The molecule has 0 aliphatic heterocycles. The first kappa shape index (κ1) is 20.2. The summed E-state index contributed by atoms with van der Waals surface area (Å²) in [6.07, 6.45) is 7.06. The highest BCUT2D eigenvalue weighted by atomic mass is 32.1. The maximum Gasteiger partial charge on any atom is 0.0739 e. The van der Waals surface area contributed by atoms with Gasteiger partial charge < -0.3 is 0 Å². The third-order valence-electron chi connectivity index (χ3n) is 5.15. The van der Waals surface area contributed by atoms with E-state index in [2.05, 4.69) is 90.0 Å². The van der Waals surface area contributed by atoms with Gasteiger partial charge in [-0.25, -0.2) is 0 Å². The Bertz CT molecular complexity index is 919. The second-order valence-corrected chi connectivity index (χ2v) is 7.36.